The van der Waals surface area contributed by atoms with E-state index in [1.165, 1.54) is 18.2 Å². The molecule has 2 amide bonds. The summed E-state index contributed by atoms with van der Waals surface area (Å²) in [6.07, 6.45) is -4.26. The van der Waals surface area contributed by atoms with Crippen molar-refractivity contribution >= 4 is 46.4 Å². The predicted molar refractivity (Wildman–Crippen MR) is 122 cm³/mol. The second kappa shape index (κ2) is 10.3. The topological polar surface area (TPSA) is 103 Å². The van der Waals surface area contributed by atoms with Gasteiger partial charge in [-0.2, -0.15) is 18.3 Å². The van der Waals surface area contributed by atoms with Gasteiger partial charge in [0.2, 0.25) is 0 Å². The van der Waals surface area contributed by atoms with Gasteiger partial charge in [-0.15, -0.1) is 5.11 Å². The van der Waals surface area contributed by atoms with Crippen molar-refractivity contribution in [2.75, 3.05) is 10.6 Å². The van der Waals surface area contributed by atoms with Gasteiger partial charge < -0.3 is 15.7 Å². The van der Waals surface area contributed by atoms with Crippen LogP contribution >= 0.6 is 11.6 Å². The number of carbonyl (C=O) groups excluding carboxylic acids is 1. The summed E-state index contributed by atoms with van der Waals surface area (Å²) in [5.74, 6) is -1.08. The summed E-state index contributed by atoms with van der Waals surface area (Å²) >= 11 is 5.60. The Morgan fingerprint density at radius 3 is 2.32 bits per heavy atom. The highest BCUT2D eigenvalue weighted by Gasteiger charge is 2.33. The van der Waals surface area contributed by atoms with Gasteiger partial charge in [-0.1, -0.05) is 36.7 Å². The molecule has 0 heterocycles. The van der Waals surface area contributed by atoms with Crippen LogP contribution in [0.2, 0.25) is 5.02 Å². The van der Waals surface area contributed by atoms with E-state index in [4.69, 9.17) is 11.6 Å². The van der Waals surface area contributed by atoms with Crippen molar-refractivity contribution in [2.24, 2.45) is 10.2 Å². The van der Waals surface area contributed by atoms with Gasteiger partial charge in [0.15, 0.2) is 0 Å². The molecule has 11 heteroatoms. The number of carbonyl (C=O) groups is 2. The molecule has 0 unspecified atom stereocenters. The highest BCUT2D eigenvalue weighted by molar-refractivity contribution is 6.31. The zero-order chi connectivity index (χ0) is 24.9. The summed E-state index contributed by atoms with van der Waals surface area (Å²) in [6.45, 7) is 1.79. The van der Waals surface area contributed by atoms with Crippen LogP contribution in [0.15, 0.2) is 70.9 Å². The lowest BCUT2D eigenvalue weighted by molar-refractivity contribution is -0.137. The number of azo groups is 1. The normalized spacial score (nSPS) is 11.4. The lowest BCUT2D eigenvalue weighted by Gasteiger charge is -2.13. The van der Waals surface area contributed by atoms with Gasteiger partial charge in [-0.25, -0.2) is 9.59 Å². The molecule has 0 fully saturated rings. The lowest BCUT2D eigenvalue weighted by Crippen LogP contribution is -2.20. The fourth-order valence-corrected chi connectivity index (χ4v) is 3.34. The summed E-state index contributed by atoms with van der Waals surface area (Å²) in [5.41, 5.74) is 0.301. The number of halogens is 4. The number of carboxylic acids is 1. The number of benzene rings is 3. The Morgan fingerprint density at radius 1 is 0.971 bits per heavy atom. The largest absolute Gasteiger partial charge is 0.478 e. The van der Waals surface area contributed by atoms with Crippen LogP contribution in [0.3, 0.4) is 0 Å². The molecule has 0 saturated carbocycles. The minimum Gasteiger partial charge on any atom is -0.478 e. The Labute approximate surface area is 197 Å². The molecular formula is C23H18ClF3N4O3. The fraction of sp³-hybridized carbons (Fsp3) is 0.130. The summed E-state index contributed by atoms with van der Waals surface area (Å²) in [5, 5.41) is 22.0. The van der Waals surface area contributed by atoms with E-state index in [9.17, 15) is 27.9 Å². The van der Waals surface area contributed by atoms with Crippen molar-refractivity contribution in [2.45, 2.75) is 19.5 Å². The minimum absolute atomic E-state index is 0.105. The number of carboxylic acid groups (broad SMARTS) is 1. The maximum absolute atomic E-state index is 13.0. The highest BCUT2D eigenvalue weighted by atomic mass is 35.5. The zero-order valence-electron chi connectivity index (χ0n) is 17.7. The molecular weight excluding hydrogens is 473 g/mol. The Morgan fingerprint density at radius 2 is 1.65 bits per heavy atom. The van der Waals surface area contributed by atoms with Crippen LogP contribution in [0.5, 0.6) is 0 Å². The minimum atomic E-state index is -4.67. The number of nitrogens with zero attached hydrogens (tertiary/aromatic N) is 2. The van der Waals surface area contributed by atoms with Crippen molar-refractivity contribution in [3.05, 3.63) is 82.4 Å². The van der Waals surface area contributed by atoms with E-state index in [2.05, 4.69) is 20.9 Å². The van der Waals surface area contributed by atoms with Gasteiger partial charge in [0.1, 0.15) is 5.69 Å². The monoisotopic (exact) mass is 490 g/mol. The maximum Gasteiger partial charge on any atom is 0.417 e. The van der Waals surface area contributed by atoms with Crippen molar-refractivity contribution in [1.29, 1.82) is 0 Å². The van der Waals surface area contributed by atoms with Gasteiger partial charge in [0.25, 0.3) is 0 Å². The number of anilines is 2. The van der Waals surface area contributed by atoms with Crippen LogP contribution < -0.4 is 10.6 Å². The van der Waals surface area contributed by atoms with Crippen molar-refractivity contribution in [3.63, 3.8) is 0 Å². The summed E-state index contributed by atoms with van der Waals surface area (Å²) in [7, 11) is 0. The number of hydrogen-bond acceptors (Lipinski definition) is 4. The molecule has 0 spiro atoms. The number of alkyl halides is 3. The highest BCUT2D eigenvalue weighted by Crippen LogP contribution is 2.36. The number of aromatic carboxylic acids is 1. The molecule has 0 bridgehead atoms. The van der Waals surface area contributed by atoms with Gasteiger partial charge >= 0.3 is 18.2 Å². The lowest BCUT2D eigenvalue weighted by atomic mass is 10.0. The molecule has 0 radical (unpaired) electrons. The van der Waals surface area contributed by atoms with Crippen LogP contribution in [0.4, 0.5) is 40.7 Å². The van der Waals surface area contributed by atoms with Crippen LogP contribution in [-0.2, 0) is 12.6 Å². The zero-order valence-corrected chi connectivity index (χ0v) is 18.4. The van der Waals surface area contributed by atoms with E-state index in [0.29, 0.717) is 17.7 Å². The van der Waals surface area contributed by atoms with E-state index in [1.54, 1.807) is 37.3 Å². The first-order valence-corrected chi connectivity index (χ1v) is 10.3. The average molecular weight is 491 g/mol. The van der Waals surface area contributed by atoms with Crippen molar-refractivity contribution in [1.82, 2.24) is 0 Å². The average Bonchev–Trinajstić information content (AvgIpc) is 2.78. The third kappa shape index (κ3) is 5.90. The first-order chi connectivity index (χ1) is 16.1. The number of urea groups is 1. The molecule has 0 aliphatic rings. The number of rotatable bonds is 6. The van der Waals surface area contributed by atoms with Crippen molar-refractivity contribution < 1.29 is 27.9 Å². The fourth-order valence-electron chi connectivity index (χ4n) is 3.12. The molecule has 0 aromatic heterocycles. The van der Waals surface area contributed by atoms with E-state index in [0.717, 1.165) is 12.1 Å². The van der Waals surface area contributed by atoms with Gasteiger partial charge in [0.05, 0.1) is 27.5 Å². The van der Waals surface area contributed by atoms with E-state index < -0.39 is 28.8 Å². The number of hydrogen-bond donors (Lipinski definition) is 3. The van der Waals surface area contributed by atoms with Crippen LogP contribution in [0, 0.1) is 0 Å². The number of para-hydroxylation sites is 1. The molecule has 3 N–H and O–H groups in total. The van der Waals surface area contributed by atoms with Crippen LogP contribution in [0.25, 0.3) is 0 Å². The predicted octanol–water partition coefficient (Wildman–Crippen LogP) is 7.68. The molecule has 3 aromatic carbocycles. The van der Waals surface area contributed by atoms with Gasteiger partial charge in [-0.3, -0.25) is 0 Å². The smallest absolute Gasteiger partial charge is 0.417 e. The first-order valence-electron chi connectivity index (χ1n) is 9.91. The molecule has 3 aromatic rings. The maximum atomic E-state index is 13.0. The molecule has 0 atom stereocenters. The molecule has 176 valence electrons. The van der Waals surface area contributed by atoms with Crippen LogP contribution in [0.1, 0.15) is 28.4 Å². The standard InChI is InChI=1S/C23H18ClF3N4O3/c1-2-14-15(21(32)33)6-5-9-18(14)30-31-20-8-4-3-7-19(20)29-22(34)28-13-10-11-17(24)16(12-13)23(25,26)27/h3-12H,2H2,1H3,(H,32,33)(H2,28,29,34). The Bertz CT molecular complexity index is 1260. The van der Waals surface area contributed by atoms with Crippen LogP contribution in [-0.4, -0.2) is 17.1 Å². The number of nitrogens with one attached hydrogen (secondary N) is 2. The molecule has 0 aliphatic carbocycles. The van der Waals surface area contributed by atoms with Crippen molar-refractivity contribution in [3.8, 4) is 0 Å². The third-order valence-electron chi connectivity index (χ3n) is 4.68. The second-order valence-electron chi connectivity index (χ2n) is 6.95. The molecule has 0 aliphatic heterocycles. The molecule has 34 heavy (non-hydrogen) atoms. The Balaban J connectivity index is 1.81. The molecule has 7 nitrogen and oxygen atoms in total. The first kappa shape index (κ1) is 24.7. The SMILES string of the molecule is CCc1c(N=Nc2ccccc2NC(=O)Nc2ccc(Cl)c(C(F)(F)F)c2)cccc1C(=O)O. The molecule has 3 rings (SSSR count). The Kier molecular flexibility index (Phi) is 7.52. The van der Waals surface area contributed by atoms with E-state index in [1.807, 2.05) is 0 Å². The summed E-state index contributed by atoms with van der Waals surface area (Å²) < 4.78 is 39.1. The van der Waals surface area contributed by atoms with E-state index in [-0.39, 0.29) is 22.6 Å². The number of amides is 2. The summed E-state index contributed by atoms with van der Waals surface area (Å²) in [4.78, 5) is 23.8. The van der Waals surface area contributed by atoms with Gasteiger partial charge in [-0.05, 0) is 54.4 Å². The second-order valence-corrected chi connectivity index (χ2v) is 7.36. The summed E-state index contributed by atoms with van der Waals surface area (Å²) in [6, 6.07) is 13.2. The third-order valence-corrected chi connectivity index (χ3v) is 5.01. The van der Waals surface area contributed by atoms with Gasteiger partial charge in [0, 0.05) is 5.69 Å². The Hall–Kier alpha value is -3.92. The van der Waals surface area contributed by atoms with E-state index >= 15 is 0 Å². The molecule has 0 saturated heterocycles. The quantitative estimate of drug-likeness (QED) is 0.309.